The number of carbonyl (C=O) groups is 2. The zero-order valence-corrected chi connectivity index (χ0v) is 7.79. The molecule has 2 N–H and O–H groups in total. The van der Waals surface area contributed by atoms with Crippen molar-refractivity contribution in [1.29, 1.82) is 0 Å². The van der Waals surface area contributed by atoms with Gasteiger partial charge in [0.05, 0.1) is 19.6 Å². The number of rotatable bonds is 2. The Hall–Kier alpha value is -1.10. The molecule has 5 heteroatoms. The Labute approximate surface area is 76.8 Å². The maximum absolute atomic E-state index is 11.3. The molecule has 1 rings (SSSR count). The third-order valence-electron chi connectivity index (χ3n) is 1.97. The zero-order chi connectivity index (χ0) is 9.84. The van der Waals surface area contributed by atoms with Crippen LogP contribution in [-0.4, -0.2) is 37.6 Å². The van der Waals surface area contributed by atoms with Crippen molar-refractivity contribution in [2.24, 2.45) is 0 Å². The molecule has 5 nitrogen and oxygen atoms in total. The van der Waals surface area contributed by atoms with Crippen LogP contribution in [0, 0.1) is 0 Å². The Bertz CT molecular complexity index is 217. The van der Waals surface area contributed by atoms with Crippen LogP contribution in [0.2, 0.25) is 0 Å². The molecule has 13 heavy (non-hydrogen) atoms. The summed E-state index contributed by atoms with van der Waals surface area (Å²) in [6.45, 7) is 2.59. The van der Waals surface area contributed by atoms with Gasteiger partial charge in [-0.3, -0.25) is 9.59 Å². The molecule has 0 aromatic rings. The van der Waals surface area contributed by atoms with Crippen molar-refractivity contribution < 1.29 is 14.3 Å². The van der Waals surface area contributed by atoms with E-state index in [1.54, 1.807) is 0 Å². The average Bonchev–Trinajstić information content (AvgIpc) is 2.09. The second-order valence-corrected chi connectivity index (χ2v) is 3.15. The van der Waals surface area contributed by atoms with E-state index in [-0.39, 0.29) is 24.3 Å². The minimum Gasteiger partial charge on any atom is -0.469 e. The first kappa shape index (κ1) is 9.98. The molecular weight excluding hydrogens is 172 g/mol. The van der Waals surface area contributed by atoms with E-state index in [2.05, 4.69) is 15.4 Å². The molecular formula is C8H14N2O3. The first-order valence-electron chi connectivity index (χ1n) is 4.24. The van der Waals surface area contributed by atoms with Gasteiger partial charge in [-0.15, -0.1) is 0 Å². The molecule has 0 aromatic carbocycles. The molecule has 1 aliphatic rings. The second-order valence-electron chi connectivity index (χ2n) is 3.15. The van der Waals surface area contributed by atoms with E-state index in [0.717, 1.165) is 0 Å². The molecule has 0 aliphatic carbocycles. The van der Waals surface area contributed by atoms with Crippen molar-refractivity contribution in [2.75, 3.05) is 13.7 Å². The Morgan fingerprint density at radius 1 is 1.69 bits per heavy atom. The summed E-state index contributed by atoms with van der Waals surface area (Å²) in [5.74, 6) is -0.508. The molecule has 1 aliphatic heterocycles. The van der Waals surface area contributed by atoms with Gasteiger partial charge in [-0.2, -0.15) is 0 Å². The standard InChI is InChI=1S/C8H14N2O3/c1-5-4-9-6(8(12)10-5)3-7(11)13-2/h5-6,9H,3-4H2,1-2H3,(H,10,12)/t5-,6+/m1/s1. The summed E-state index contributed by atoms with van der Waals surface area (Å²) in [4.78, 5) is 22.1. The highest BCUT2D eigenvalue weighted by Gasteiger charge is 2.27. The summed E-state index contributed by atoms with van der Waals surface area (Å²) >= 11 is 0. The number of esters is 1. The second kappa shape index (κ2) is 4.23. The van der Waals surface area contributed by atoms with Crippen LogP contribution in [-0.2, 0) is 14.3 Å². The van der Waals surface area contributed by atoms with Gasteiger partial charge in [0.1, 0.15) is 0 Å². The van der Waals surface area contributed by atoms with Gasteiger partial charge in [0.2, 0.25) is 5.91 Å². The Kier molecular flexibility index (Phi) is 3.25. The lowest BCUT2D eigenvalue weighted by Crippen LogP contribution is -2.57. The highest BCUT2D eigenvalue weighted by molar-refractivity contribution is 5.87. The van der Waals surface area contributed by atoms with Crippen molar-refractivity contribution in [2.45, 2.75) is 25.4 Å². The van der Waals surface area contributed by atoms with Crippen LogP contribution in [0.25, 0.3) is 0 Å². The highest BCUT2D eigenvalue weighted by Crippen LogP contribution is 2.00. The Morgan fingerprint density at radius 2 is 2.38 bits per heavy atom. The number of nitrogens with one attached hydrogen (secondary N) is 2. The van der Waals surface area contributed by atoms with Crippen LogP contribution in [0.1, 0.15) is 13.3 Å². The highest BCUT2D eigenvalue weighted by atomic mass is 16.5. The van der Waals surface area contributed by atoms with Gasteiger partial charge < -0.3 is 15.4 Å². The topological polar surface area (TPSA) is 67.4 Å². The normalized spacial score (nSPS) is 28.0. The summed E-state index contributed by atoms with van der Waals surface area (Å²) in [6.07, 6.45) is 0.0923. The molecule has 0 aromatic heterocycles. The third kappa shape index (κ3) is 2.69. The largest absolute Gasteiger partial charge is 0.469 e. The summed E-state index contributed by atoms with van der Waals surface area (Å²) in [5.41, 5.74) is 0. The molecule has 0 saturated carbocycles. The molecule has 0 bridgehead atoms. The van der Waals surface area contributed by atoms with Crippen LogP contribution in [0.5, 0.6) is 0 Å². The van der Waals surface area contributed by atoms with E-state index in [1.165, 1.54) is 7.11 Å². The quantitative estimate of drug-likeness (QED) is 0.544. The summed E-state index contributed by atoms with van der Waals surface area (Å²) in [7, 11) is 1.31. The lowest BCUT2D eigenvalue weighted by atomic mass is 10.1. The van der Waals surface area contributed by atoms with Gasteiger partial charge in [-0.25, -0.2) is 0 Å². The van der Waals surface area contributed by atoms with Gasteiger partial charge in [0, 0.05) is 12.6 Å². The van der Waals surface area contributed by atoms with Gasteiger partial charge in [-0.05, 0) is 6.92 Å². The van der Waals surface area contributed by atoms with E-state index in [9.17, 15) is 9.59 Å². The molecule has 2 atom stereocenters. The van der Waals surface area contributed by atoms with Crippen molar-refractivity contribution in [3.05, 3.63) is 0 Å². The number of methoxy groups -OCH3 is 1. The van der Waals surface area contributed by atoms with Gasteiger partial charge in [-0.1, -0.05) is 0 Å². The maximum atomic E-state index is 11.3. The van der Waals surface area contributed by atoms with E-state index in [0.29, 0.717) is 6.54 Å². The molecule has 74 valence electrons. The van der Waals surface area contributed by atoms with E-state index >= 15 is 0 Å². The van der Waals surface area contributed by atoms with Crippen LogP contribution in [0.15, 0.2) is 0 Å². The number of hydrogen-bond acceptors (Lipinski definition) is 4. The maximum Gasteiger partial charge on any atom is 0.307 e. The SMILES string of the molecule is COC(=O)C[C@@H]1NC[C@@H](C)NC1=O. The van der Waals surface area contributed by atoms with E-state index in [1.807, 2.05) is 6.92 Å². The first-order chi connectivity index (χ1) is 6.13. The third-order valence-corrected chi connectivity index (χ3v) is 1.97. The van der Waals surface area contributed by atoms with E-state index < -0.39 is 6.04 Å². The number of carbonyl (C=O) groups excluding carboxylic acids is 2. The smallest absolute Gasteiger partial charge is 0.307 e. The van der Waals surface area contributed by atoms with Crippen molar-refractivity contribution >= 4 is 11.9 Å². The average molecular weight is 186 g/mol. The number of amides is 1. The molecule has 1 saturated heterocycles. The van der Waals surface area contributed by atoms with Crippen LogP contribution in [0.3, 0.4) is 0 Å². The molecule has 1 heterocycles. The fourth-order valence-electron chi connectivity index (χ4n) is 1.22. The van der Waals surface area contributed by atoms with E-state index in [4.69, 9.17) is 0 Å². The molecule has 1 amide bonds. The first-order valence-corrected chi connectivity index (χ1v) is 4.24. The molecule has 1 fully saturated rings. The minimum absolute atomic E-state index is 0.0923. The van der Waals surface area contributed by atoms with Crippen LogP contribution >= 0.6 is 0 Å². The van der Waals surface area contributed by atoms with Crippen molar-refractivity contribution in [3.8, 4) is 0 Å². The molecule has 0 unspecified atom stereocenters. The Morgan fingerprint density at radius 3 is 2.92 bits per heavy atom. The predicted molar refractivity (Wildman–Crippen MR) is 46.0 cm³/mol. The van der Waals surface area contributed by atoms with Crippen molar-refractivity contribution in [3.63, 3.8) is 0 Å². The summed E-state index contributed by atoms with van der Waals surface area (Å²) in [6, 6.07) is -0.315. The summed E-state index contributed by atoms with van der Waals surface area (Å²) < 4.78 is 4.47. The molecule has 0 radical (unpaired) electrons. The Balaban J connectivity index is 2.42. The van der Waals surface area contributed by atoms with Crippen LogP contribution in [0.4, 0.5) is 0 Å². The monoisotopic (exact) mass is 186 g/mol. The number of ether oxygens (including phenoxy) is 1. The lowest BCUT2D eigenvalue weighted by Gasteiger charge is -2.27. The number of piperazine rings is 1. The molecule has 0 spiro atoms. The lowest BCUT2D eigenvalue weighted by molar-refractivity contribution is -0.143. The van der Waals surface area contributed by atoms with Gasteiger partial charge >= 0.3 is 5.97 Å². The number of hydrogen-bond donors (Lipinski definition) is 2. The van der Waals surface area contributed by atoms with Crippen LogP contribution < -0.4 is 10.6 Å². The predicted octanol–water partition coefficient (Wildman–Crippen LogP) is -0.974. The van der Waals surface area contributed by atoms with Crippen molar-refractivity contribution in [1.82, 2.24) is 10.6 Å². The van der Waals surface area contributed by atoms with Gasteiger partial charge in [0.25, 0.3) is 0 Å². The van der Waals surface area contributed by atoms with Gasteiger partial charge in [0.15, 0.2) is 0 Å². The summed E-state index contributed by atoms with van der Waals surface area (Å²) in [5, 5.41) is 5.72. The minimum atomic E-state index is -0.441. The zero-order valence-electron chi connectivity index (χ0n) is 7.79. The fourth-order valence-corrected chi connectivity index (χ4v) is 1.22. The fraction of sp³-hybridized carbons (Fsp3) is 0.750.